The van der Waals surface area contributed by atoms with E-state index in [9.17, 15) is 9.59 Å². The van der Waals surface area contributed by atoms with E-state index in [-0.39, 0.29) is 17.7 Å². The van der Waals surface area contributed by atoms with Gasteiger partial charge >= 0.3 is 0 Å². The lowest BCUT2D eigenvalue weighted by Crippen LogP contribution is -2.40. The highest BCUT2D eigenvalue weighted by atomic mass is 16.2. The van der Waals surface area contributed by atoms with Crippen molar-refractivity contribution in [2.45, 2.75) is 12.8 Å². The van der Waals surface area contributed by atoms with Crippen molar-refractivity contribution in [2.75, 3.05) is 18.4 Å². The van der Waals surface area contributed by atoms with Crippen molar-refractivity contribution < 1.29 is 9.59 Å². The Balaban J connectivity index is 1.29. The maximum atomic E-state index is 12.8. The minimum Gasteiger partial charge on any atom is -0.339 e. The maximum absolute atomic E-state index is 12.8. The monoisotopic (exact) mass is 435 g/mol. The summed E-state index contributed by atoms with van der Waals surface area (Å²) in [6.45, 7) is 1.15. The number of piperidine rings is 1. The Hall–Kier alpha value is -4.17. The molecule has 2 amide bonds. The summed E-state index contributed by atoms with van der Waals surface area (Å²) in [6.07, 6.45) is 6.43. The minimum absolute atomic E-state index is 0.0168. The minimum atomic E-state index is -0.115. The summed E-state index contributed by atoms with van der Waals surface area (Å²) in [7, 11) is 0. The van der Waals surface area contributed by atoms with Crippen LogP contribution in [0.2, 0.25) is 0 Å². The van der Waals surface area contributed by atoms with E-state index < -0.39 is 0 Å². The third-order valence-corrected chi connectivity index (χ3v) is 5.53. The van der Waals surface area contributed by atoms with Crippen LogP contribution in [0.25, 0.3) is 6.08 Å². The zero-order chi connectivity index (χ0) is 22.9. The van der Waals surface area contributed by atoms with E-state index in [1.165, 1.54) is 0 Å². The van der Waals surface area contributed by atoms with Crippen molar-refractivity contribution >= 4 is 23.6 Å². The molecular formula is C28H25N3O2. The van der Waals surface area contributed by atoms with Crippen LogP contribution in [0.3, 0.4) is 0 Å². The fourth-order valence-electron chi connectivity index (χ4n) is 3.69. The first-order chi connectivity index (χ1) is 16.2. The van der Waals surface area contributed by atoms with Gasteiger partial charge in [0.2, 0.25) is 11.8 Å². The van der Waals surface area contributed by atoms with Gasteiger partial charge in [-0.2, -0.15) is 0 Å². The normalized spacial score (nSPS) is 13.9. The summed E-state index contributed by atoms with van der Waals surface area (Å²) in [5, 5.41) is 3.00. The van der Waals surface area contributed by atoms with Crippen molar-refractivity contribution in [3.63, 3.8) is 0 Å². The number of carbonyl (C=O) groups excluding carboxylic acids is 2. The van der Waals surface area contributed by atoms with Crippen LogP contribution < -0.4 is 5.32 Å². The lowest BCUT2D eigenvalue weighted by molar-refractivity contribution is -0.130. The number of nitrogens with one attached hydrogen (secondary N) is 1. The molecule has 0 spiro atoms. The summed E-state index contributed by atoms with van der Waals surface area (Å²) < 4.78 is 0. The van der Waals surface area contributed by atoms with Crippen LogP contribution in [0.1, 0.15) is 29.7 Å². The lowest BCUT2D eigenvalue weighted by atomic mass is 9.95. The number of amides is 2. The van der Waals surface area contributed by atoms with Crippen LogP contribution in [0, 0.1) is 17.8 Å². The molecular weight excluding hydrogens is 410 g/mol. The number of aromatic nitrogens is 1. The summed E-state index contributed by atoms with van der Waals surface area (Å²) in [6, 6.07) is 22.8. The van der Waals surface area contributed by atoms with Crippen molar-refractivity contribution in [1.82, 2.24) is 9.88 Å². The summed E-state index contributed by atoms with van der Waals surface area (Å²) in [5.41, 5.74) is 3.22. The molecule has 5 nitrogen and oxygen atoms in total. The fourth-order valence-corrected chi connectivity index (χ4v) is 3.69. The molecule has 1 fully saturated rings. The molecule has 0 radical (unpaired) electrons. The first-order valence-corrected chi connectivity index (χ1v) is 11.0. The van der Waals surface area contributed by atoms with E-state index in [0.29, 0.717) is 31.6 Å². The third kappa shape index (κ3) is 6.41. The molecule has 2 heterocycles. The van der Waals surface area contributed by atoms with E-state index in [0.717, 1.165) is 16.8 Å². The number of hydrogen-bond donors (Lipinski definition) is 1. The Labute approximate surface area is 194 Å². The zero-order valence-corrected chi connectivity index (χ0v) is 18.3. The molecule has 5 heteroatoms. The predicted octanol–water partition coefficient (Wildman–Crippen LogP) is 4.37. The highest BCUT2D eigenvalue weighted by Crippen LogP contribution is 2.20. The van der Waals surface area contributed by atoms with Gasteiger partial charge in [-0.1, -0.05) is 48.4 Å². The average Bonchev–Trinajstić information content (AvgIpc) is 2.87. The molecule has 0 aliphatic carbocycles. The Kier molecular flexibility index (Phi) is 7.29. The Bertz CT molecular complexity index is 1190. The first-order valence-electron chi connectivity index (χ1n) is 11.0. The molecule has 1 N–H and O–H groups in total. The molecule has 1 aromatic heterocycles. The van der Waals surface area contributed by atoms with Gasteiger partial charge in [-0.15, -0.1) is 0 Å². The SMILES string of the molecule is O=C(Nc1cccc(C#Cc2ccccn2)c1)C1CCN(C(=O)/C=C/c2ccccc2)CC1. The van der Waals surface area contributed by atoms with Crippen molar-refractivity contribution in [3.05, 3.63) is 102 Å². The predicted molar refractivity (Wildman–Crippen MR) is 130 cm³/mol. The van der Waals surface area contributed by atoms with Crippen molar-refractivity contribution in [1.29, 1.82) is 0 Å². The van der Waals surface area contributed by atoms with Gasteiger partial charge in [0.15, 0.2) is 0 Å². The quantitative estimate of drug-likeness (QED) is 0.489. The highest BCUT2D eigenvalue weighted by Gasteiger charge is 2.26. The molecule has 1 aliphatic heterocycles. The largest absolute Gasteiger partial charge is 0.339 e. The lowest BCUT2D eigenvalue weighted by Gasteiger charge is -2.30. The van der Waals surface area contributed by atoms with Gasteiger partial charge in [0.25, 0.3) is 0 Å². The van der Waals surface area contributed by atoms with Gasteiger partial charge in [0.05, 0.1) is 0 Å². The second-order valence-corrected chi connectivity index (χ2v) is 7.88. The molecule has 164 valence electrons. The Morgan fingerprint density at radius 2 is 1.73 bits per heavy atom. The summed E-state index contributed by atoms with van der Waals surface area (Å²) >= 11 is 0. The smallest absolute Gasteiger partial charge is 0.246 e. The Morgan fingerprint density at radius 1 is 0.939 bits per heavy atom. The third-order valence-electron chi connectivity index (χ3n) is 5.53. The number of carbonyl (C=O) groups is 2. The van der Waals surface area contributed by atoms with Gasteiger partial charge in [-0.3, -0.25) is 9.59 Å². The second-order valence-electron chi connectivity index (χ2n) is 7.88. The molecule has 1 saturated heterocycles. The summed E-state index contributed by atoms with van der Waals surface area (Å²) in [4.78, 5) is 31.2. The van der Waals surface area contributed by atoms with Crippen LogP contribution in [0.5, 0.6) is 0 Å². The molecule has 0 saturated carbocycles. The van der Waals surface area contributed by atoms with E-state index in [4.69, 9.17) is 0 Å². The number of anilines is 1. The summed E-state index contributed by atoms with van der Waals surface area (Å²) in [5.74, 6) is 5.96. The van der Waals surface area contributed by atoms with E-state index in [2.05, 4.69) is 22.1 Å². The molecule has 2 aromatic carbocycles. The molecule has 4 rings (SSSR count). The van der Waals surface area contributed by atoms with Crippen LogP contribution in [-0.4, -0.2) is 34.8 Å². The number of nitrogens with zero attached hydrogens (tertiary/aromatic N) is 2. The van der Waals surface area contributed by atoms with Crippen LogP contribution in [0.15, 0.2) is 85.1 Å². The molecule has 0 bridgehead atoms. The van der Waals surface area contributed by atoms with Gasteiger partial charge < -0.3 is 10.2 Å². The highest BCUT2D eigenvalue weighted by molar-refractivity contribution is 5.94. The van der Waals surface area contributed by atoms with E-state index >= 15 is 0 Å². The van der Waals surface area contributed by atoms with Crippen LogP contribution in [0.4, 0.5) is 5.69 Å². The van der Waals surface area contributed by atoms with Crippen molar-refractivity contribution in [3.8, 4) is 11.8 Å². The number of benzene rings is 2. The van der Waals surface area contributed by atoms with E-state index in [1.54, 1.807) is 17.2 Å². The molecule has 33 heavy (non-hydrogen) atoms. The number of pyridine rings is 1. The van der Waals surface area contributed by atoms with Gasteiger partial charge in [0, 0.05) is 42.5 Å². The van der Waals surface area contributed by atoms with Crippen LogP contribution >= 0.6 is 0 Å². The van der Waals surface area contributed by atoms with Gasteiger partial charge in [-0.25, -0.2) is 4.98 Å². The maximum Gasteiger partial charge on any atom is 0.246 e. The molecule has 3 aromatic rings. The molecule has 0 atom stereocenters. The standard InChI is InChI=1S/C28H25N3O2/c32-27(15-13-22-7-2-1-3-8-22)31-19-16-24(17-20-31)28(33)30-26-11-6-9-23(21-26)12-14-25-10-4-5-18-29-25/h1-11,13,15,18,21,24H,16-17,19-20H2,(H,30,33)/b15-13+. The van der Waals surface area contributed by atoms with Gasteiger partial charge in [-0.05, 0) is 60.7 Å². The fraction of sp³-hybridized carbons (Fsp3) is 0.179. The zero-order valence-electron chi connectivity index (χ0n) is 18.3. The van der Waals surface area contributed by atoms with Gasteiger partial charge in [0.1, 0.15) is 5.69 Å². The molecule has 0 unspecified atom stereocenters. The first kappa shape index (κ1) is 22.0. The average molecular weight is 436 g/mol. The number of likely N-dealkylation sites (tertiary alicyclic amines) is 1. The molecule has 1 aliphatic rings. The van der Waals surface area contributed by atoms with E-state index in [1.807, 2.05) is 78.9 Å². The topological polar surface area (TPSA) is 62.3 Å². The Morgan fingerprint density at radius 3 is 2.48 bits per heavy atom. The number of rotatable bonds is 4. The number of hydrogen-bond acceptors (Lipinski definition) is 3. The van der Waals surface area contributed by atoms with Crippen LogP contribution in [-0.2, 0) is 9.59 Å². The van der Waals surface area contributed by atoms with Crippen molar-refractivity contribution in [2.24, 2.45) is 5.92 Å². The second kappa shape index (κ2) is 10.9.